The van der Waals surface area contributed by atoms with Crippen molar-refractivity contribution >= 4 is 17.8 Å². The summed E-state index contributed by atoms with van der Waals surface area (Å²) in [5.74, 6) is 0.195. The Hall–Kier alpha value is -3.18. The molecule has 0 amide bonds. The predicted octanol–water partition coefficient (Wildman–Crippen LogP) is 3.98. The number of carbonyl (C=O) groups is 2. The van der Waals surface area contributed by atoms with E-state index in [9.17, 15) is 14.7 Å². The Labute approximate surface area is 170 Å². The van der Waals surface area contributed by atoms with Crippen LogP contribution in [0.5, 0.6) is 5.75 Å². The van der Waals surface area contributed by atoms with Gasteiger partial charge in [-0.15, -0.1) is 0 Å². The van der Waals surface area contributed by atoms with Crippen LogP contribution in [0.4, 0.5) is 0 Å². The summed E-state index contributed by atoms with van der Waals surface area (Å²) in [6, 6.07) is 16.3. The molecule has 0 saturated carbocycles. The van der Waals surface area contributed by atoms with Crippen LogP contribution < -0.4 is 4.74 Å². The zero-order valence-corrected chi connectivity index (χ0v) is 16.3. The number of ketones is 1. The number of benzene rings is 2. The first kappa shape index (κ1) is 20.6. The highest BCUT2D eigenvalue weighted by molar-refractivity contribution is 6.12. The van der Waals surface area contributed by atoms with Crippen LogP contribution >= 0.6 is 0 Å². The van der Waals surface area contributed by atoms with E-state index >= 15 is 0 Å². The maximum atomic E-state index is 12.3. The van der Waals surface area contributed by atoms with Crippen LogP contribution in [0.1, 0.15) is 35.2 Å². The van der Waals surface area contributed by atoms with Crippen LogP contribution in [0.2, 0.25) is 0 Å². The Balaban J connectivity index is 1.60. The SMILES string of the molecule is COC(=O)c1ccc(C=C2C(=O)C=CC2(O)CCCCOc2ccccc2)cc1. The first-order valence-electron chi connectivity index (χ1n) is 9.56. The number of carbonyl (C=O) groups excluding carboxylic acids is 2. The van der Waals surface area contributed by atoms with Gasteiger partial charge in [-0.25, -0.2) is 4.79 Å². The van der Waals surface area contributed by atoms with Crippen molar-refractivity contribution in [2.75, 3.05) is 13.7 Å². The Bertz CT molecular complexity index is 912. The zero-order chi connectivity index (χ0) is 20.7. The normalized spacial score (nSPS) is 19.5. The molecule has 1 unspecified atom stereocenters. The molecule has 1 aliphatic carbocycles. The lowest BCUT2D eigenvalue weighted by molar-refractivity contribution is -0.112. The number of unbranched alkanes of at least 4 members (excludes halogenated alkanes) is 1. The van der Waals surface area contributed by atoms with E-state index in [4.69, 9.17) is 4.74 Å². The lowest BCUT2D eigenvalue weighted by atomic mass is 9.89. The van der Waals surface area contributed by atoms with Crippen molar-refractivity contribution in [1.82, 2.24) is 0 Å². The van der Waals surface area contributed by atoms with Gasteiger partial charge in [0.05, 0.1) is 19.3 Å². The van der Waals surface area contributed by atoms with Crippen molar-refractivity contribution in [2.24, 2.45) is 0 Å². The first-order valence-corrected chi connectivity index (χ1v) is 9.56. The minimum atomic E-state index is -1.29. The summed E-state index contributed by atoms with van der Waals surface area (Å²) in [7, 11) is 1.33. The Morgan fingerprint density at radius 3 is 2.48 bits per heavy atom. The fourth-order valence-corrected chi connectivity index (χ4v) is 3.22. The Morgan fingerprint density at radius 1 is 1.07 bits per heavy atom. The van der Waals surface area contributed by atoms with E-state index in [1.54, 1.807) is 36.4 Å². The third-order valence-corrected chi connectivity index (χ3v) is 4.85. The van der Waals surface area contributed by atoms with E-state index in [0.717, 1.165) is 17.7 Å². The molecule has 1 aliphatic rings. The largest absolute Gasteiger partial charge is 0.494 e. The molecule has 2 aromatic carbocycles. The quantitative estimate of drug-likeness (QED) is 0.418. The lowest BCUT2D eigenvalue weighted by Gasteiger charge is -2.22. The molecule has 5 nitrogen and oxygen atoms in total. The summed E-state index contributed by atoms with van der Waals surface area (Å²) in [6.45, 7) is 0.547. The van der Waals surface area contributed by atoms with Crippen LogP contribution in [0.3, 0.4) is 0 Å². The molecule has 0 heterocycles. The highest BCUT2D eigenvalue weighted by atomic mass is 16.5. The van der Waals surface area contributed by atoms with Crippen molar-refractivity contribution in [3.05, 3.63) is 83.4 Å². The number of hydrogen-bond donors (Lipinski definition) is 1. The van der Waals surface area contributed by atoms with Crippen molar-refractivity contribution in [1.29, 1.82) is 0 Å². The van der Waals surface area contributed by atoms with Gasteiger partial charge in [-0.1, -0.05) is 30.3 Å². The molecule has 5 heteroatoms. The number of methoxy groups -OCH3 is 1. The maximum absolute atomic E-state index is 12.3. The van der Waals surface area contributed by atoms with Crippen LogP contribution in [0.15, 0.2) is 72.3 Å². The Morgan fingerprint density at radius 2 is 1.79 bits per heavy atom. The number of para-hydroxylation sites is 1. The van der Waals surface area contributed by atoms with Crippen molar-refractivity contribution in [3.63, 3.8) is 0 Å². The van der Waals surface area contributed by atoms with Crippen LogP contribution in [-0.2, 0) is 9.53 Å². The standard InChI is InChI=1S/C24H24O5/c1-28-23(26)19-11-9-18(10-12-19)17-21-22(25)13-15-24(21,27)14-5-6-16-29-20-7-3-2-4-8-20/h2-4,7-13,15,17,27H,5-6,14,16H2,1H3. The summed E-state index contributed by atoms with van der Waals surface area (Å²) in [5, 5.41) is 11.0. The minimum absolute atomic E-state index is 0.204. The molecule has 1 N–H and O–H groups in total. The van der Waals surface area contributed by atoms with Gasteiger partial charge < -0.3 is 14.6 Å². The average Bonchev–Trinajstić information content (AvgIpc) is 3.03. The van der Waals surface area contributed by atoms with Gasteiger partial charge in [0.2, 0.25) is 0 Å². The fraction of sp³-hybridized carbons (Fsp3) is 0.250. The van der Waals surface area contributed by atoms with Gasteiger partial charge in [-0.05, 0) is 67.3 Å². The fourth-order valence-electron chi connectivity index (χ4n) is 3.22. The second-order valence-corrected chi connectivity index (χ2v) is 6.91. The monoisotopic (exact) mass is 392 g/mol. The van der Waals surface area contributed by atoms with Gasteiger partial charge >= 0.3 is 5.97 Å². The maximum Gasteiger partial charge on any atom is 0.337 e. The Kier molecular flexibility index (Phi) is 6.62. The predicted molar refractivity (Wildman–Crippen MR) is 111 cm³/mol. The summed E-state index contributed by atoms with van der Waals surface area (Å²) < 4.78 is 10.4. The molecule has 2 aromatic rings. The van der Waals surface area contributed by atoms with Crippen molar-refractivity contribution < 1.29 is 24.2 Å². The van der Waals surface area contributed by atoms with Gasteiger partial charge in [0.1, 0.15) is 11.4 Å². The third-order valence-electron chi connectivity index (χ3n) is 4.85. The molecule has 0 radical (unpaired) electrons. The summed E-state index contributed by atoms with van der Waals surface area (Å²) in [6.07, 6.45) is 6.54. The number of allylic oxidation sites excluding steroid dienone is 1. The topological polar surface area (TPSA) is 72.8 Å². The van der Waals surface area contributed by atoms with E-state index in [2.05, 4.69) is 4.74 Å². The molecule has 0 bridgehead atoms. The molecule has 150 valence electrons. The highest BCUT2D eigenvalue weighted by Gasteiger charge is 2.36. The van der Waals surface area contributed by atoms with Gasteiger partial charge in [-0.3, -0.25) is 4.79 Å². The molecule has 1 atom stereocenters. The summed E-state index contributed by atoms with van der Waals surface area (Å²) in [5.41, 5.74) is 0.215. The molecular weight excluding hydrogens is 368 g/mol. The lowest BCUT2D eigenvalue weighted by Crippen LogP contribution is -2.28. The van der Waals surface area contributed by atoms with Crippen molar-refractivity contribution in [3.8, 4) is 5.75 Å². The van der Waals surface area contributed by atoms with E-state index in [-0.39, 0.29) is 5.78 Å². The van der Waals surface area contributed by atoms with E-state index in [1.807, 2.05) is 30.3 Å². The second kappa shape index (κ2) is 9.34. The molecule has 0 aliphatic heterocycles. The molecule has 0 saturated heterocycles. The highest BCUT2D eigenvalue weighted by Crippen LogP contribution is 2.33. The number of esters is 1. The van der Waals surface area contributed by atoms with Gasteiger partial charge in [0.25, 0.3) is 0 Å². The van der Waals surface area contributed by atoms with Gasteiger partial charge in [-0.2, -0.15) is 0 Å². The summed E-state index contributed by atoms with van der Waals surface area (Å²) in [4.78, 5) is 23.8. The molecule has 0 aromatic heterocycles. The van der Waals surface area contributed by atoms with Crippen LogP contribution in [-0.4, -0.2) is 36.2 Å². The van der Waals surface area contributed by atoms with E-state index in [0.29, 0.717) is 30.6 Å². The third kappa shape index (κ3) is 5.21. The summed E-state index contributed by atoms with van der Waals surface area (Å²) >= 11 is 0. The van der Waals surface area contributed by atoms with E-state index in [1.165, 1.54) is 13.2 Å². The number of ether oxygens (including phenoxy) is 2. The van der Waals surface area contributed by atoms with Crippen LogP contribution in [0.25, 0.3) is 6.08 Å². The van der Waals surface area contributed by atoms with Gasteiger partial charge in [0.15, 0.2) is 5.78 Å². The molecular formula is C24H24O5. The second-order valence-electron chi connectivity index (χ2n) is 6.91. The van der Waals surface area contributed by atoms with Crippen LogP contribution in [0, 0.1) is 0 Å². The van der Waals surface area contributed by atoms with Crippen molar-refractivity contribution in [2.45, 2.75) is 24.9 Å². The average molecular weight is 392 g/mol. The molecule has 0 fully saturated rings. The number of rotatable bonds is 8. The number of aliphatic hydroxyl groups is 1. The minimum Gasteiger partial charge on any atom is -0.494 e. The zero-order valence-electron chi connectivity index (χ0n) is 16.3. The molecule has 3 rings (SSSR count). The molecule has 29 heavy (non-hydrogen) atoms. The smallest absolute Gasteiger partial charge is 0.337 e. The first-order chi connectivity index (χ1) is 14.0. The van der Waals surface area contributed by atoms with Gasteiger partial charge in [0, 0.05) is 5.57 Å². The number of hydrogen-bond acceptors (Lipinski definition) is 5. The van der Waals surface area contributed by atoms with E-state index < -0.39 is 11.6 Å². The molecule has 0 spiro atoms.